The monoisotopic (exact) mass is 478 g/mol. The van der Waals surface area contributed by atoms with Crippen molar-refractivity contribution < 1.29 is 47.7 Å². The van der Waals surface area contributed by atoms with Crippen LogP contribution in [0.4, 0.5) is 35.1 Å². The van der Waals surface area contributed by atoms with Gasteiger partial charge in [-0.05, 0) is 6.07 Å². The number of benzene rings is 1. The third-order valence-electron chi connectivity index (χ3n) is 3.12. The lowest BCUT2D eigenvalue weighted by Crippen LogP contribution is -2.54. The Hall–Kier alpha value is -1.51. The molecular formula is C12H4Cl2F8N2O3S. The quantitative estimate of drug-likeness (QED) is 0.463. The van der Waals surface area contributed by atoms with Gasteiger partial charge in [0.2, 0.25) is 0 Å². The molecule has 0 saturated carbocycles. The molecule has 0 spiro atoms. The molecule has 0 saturated heterocycles. The maximum Gasteiger partial charge on any atom is 0.459 e. The molecule has 0 atom stereocenters. The highest BCUT2D eigenvalue weighted by atomic mass is 35.5. The fourth-order valence-corrected chi connectivity index (χ4v) is 2.97. The van der Waals surface area contributed by atoms with Gasteiger partial charge in [-0.3, -0.25) is 4.18 Å². The number of hydrogen-bond acceptors (Lipinski definition) is 5. The van der Waals surface area contributed by atoms with Crippen molar-refractivity contribution in [3.8, 4) is 0 Å². The second kappa shape index (κ2) is 7.07. The first-order valence-electron chi connectivity index (χ1n) is 6.54. The second-order valence-corrected chi connectivity index (χ2v) is 7.37. The zero-order valence-electron chi connectivity index (χ0n) is 12.7. The maximum atomic E-state index is 14.0. The number of halogens is 10. The van der Waals surface area contributed by atoms with Gasteiger partial charge in [-0.15, -0.1) is 0 Å². The lowest BCUT2D eigenvalue weighted by atomic mass is 10.2. The van der Waals surface area contributed by atoms with Gasteiger partial charge in [0, 0.05) is 6.07 Å². The predicted molar refractivity (Wildman–Crippen MR) is 78.6 cm³/mol. The molecule has 0 aliphatic carbocycles. The summed E-state index contributed by atoms with van der Waals surface area (Å²) in [7, 11) is -5.54. The zero-order chi connectivity index (χ0) is 21.7. The SMILES string of the molecule is O=S(=O)(OCC(F)(F)C(F)(F)C(F)(F)F)c1cc2nc(Cl)c(Cl)nc2cc1F. The molecule has 28 heavy (non-hydrogen) atoms. The van der Waals surface area contributed by atoms with E-state index in [1.54, 1.807) is 0 Å². The minimum Gasteiger partial charge on any atom is -0.260 e. The van der Waals surface area contributed by atoms with Gasteiger partial charge in [-0.1, -0.05) is 23.2 Å². The first-order chi connectivity index (χ1) is 12.5. The molecule has 0 N–H and O–H groups in total. The molecule has 2 rings (SSSR count). The molecule has 156 valence electrons. The molecule has 2 aromatic rings. The van der Waals surface area contributed by atoms with E-state index in [4.69, 9.17) is 23.2 Å². The smallest absolute Gasteiger partial charge is 0.260 e. The van der Waals surface area contributed by atoms with E-state index in [0.29, 0.717) is 12.1 Å². The van der Waals surface area contributed by atoms with Gasteiger partial charge in [0.25, 0.3) is 10.1 Å². The van der Waals surface area contributed by atoms with E-state index in [1.807, 2.05) is 0 Å². The number of hydrogen-bond donors (Lipinski definition) is 0. The normalized spacial score (nSPS) is 13.9. The molecule has 0 aliphatic heterocycles. The van der Waals surface area contributed by atoms with Crippen molar-refractivity contribution in [2.45, 2.75) is 22.9 Å². The molecule has 1 aromatic carbocycles. The van der Waals surface area contributed by atoms with Gasteiger partial charge < -0.3 is 0 Å². The Morgan fingerprint density at radius 2 is 1.39 bits per heavy atom. The van der Waals surface area contributed by atoms with Crippen LogP contribution < -0.4 is 0 Å². The van der Waals surface area contributed by atoms with Crippen molar-refractivity contribution >= 4 is 44.4 Å². The van der Waals surface area contributed by atoms with Crippen LogP contribution in [0.1, 0.15) is 0 Å². The molecule has 0 unspecified atom stereocenters. The van der Waals surface area contributed by atoms with Gasteiger partial charge in [0.05, 0.1) is 11.0 Å². The lowest BCUT2D eigenvalue weighted by Gasteiger charge is -2.27. The van der Waals surface area contributed by atoms with E-state index in [0.717, 1.165) is 0 Å². The fraction of sp³-hybridized carbons (Fsp3) is 0.333. The van der Waals surface area contributed by atoms with Crippen LogP contribution in [0.3, 0.4) is 0 Å². The van der Waals surface area contributed by atoms with Crippen molar-refractivity contribution in [2.75, 3.05) is 6.61 Å². The van der Waals surface area contributed by atoms with Crippen molar-refractivity contribution in [1.29, 1.82) is 0 Å². The Balaban J connectivity index is 2.40. The minimum atomic E-state index is -6.69. The van der Waals surface area contributed by atoms with Crippen molar-refractivity contribution in [3.05, 3.63) is 28.3 Å². The van der Waals surface area contributed by atoms with Crippen molar-refractivity contribution in [3.63, 3.8) is 0 Å². The summed E-state index contributed by atoms with van der Waals surface area (Å²) in [4.78, 5) is 5.62. The number of nitrogens with zero attached hydrogens (tertiary/aromatic N) is 2. The van der Waals surface area contributed by atoms with Crippen LogP contribution in [0.15, 0.2) is 17.0 Å². The Morgan fingerprint density at radius 1 is 0.929 bits per heavy atom. The van der Waals surface area contributed by atoms with Crippen LogP contribution in [0.25, 0.3) is 11.0 Å². The van der Waals surface area contributed by atoms with Crippen LogP contribution in [-0.4, -0.2) is 43.0 Å². The van der Waals surface area contributed by atoms with E-state index in [9.17, 15) is 43.5 Å². The molecule has 5 nitrogen and oxygen atoms in total. The predicted octanol–water partition coefficient (Wildman–Crippen LogP) is 4.61. The van der Waals surface area contributed by atoms with E-state index in [-0.39, 0.29) is 10.7 Å². The minimum absolute atomic E-state index is 0.320. The summed E-state index contributed by atoms with van der Waals surface area (Å²) in [6, 6.07) is 0.832. The van der Waals surface area contributed by atoms with Crippen LogP contribution in [0.5, 0.6) is 0 Å². The van der Waals surface area contributed by atoms with E-state index in [2.05, 4.69) is 14.2 Å². The molecule has 0 fully saturated rings. The molecule has 0 bridgehead atoms. The van der Waals surface area contributed by atoms with Gasteiger partial charge in [-0.2, -0.15) is 39.2 Å². The van der Waals surface area contributed by atoms with E-state index < -0.39 is 56.1 Å². The summed E-state index contributed by atoms with van der Waals surface area (Å²) in [5.74, 6) is -14.2. The Kier molecular flexibility index (Phi) is 5.75. The standard InChI is InChI=1S/C12H4Cl2F8N2O3S/c13-8-9(14)24-6-2-7(4(15)1-5(6)23-8)28(25,26)27-3-10(16,17)11(18,19)12(20,21)22/h1-2H,3H2. The van der Waals surface area contributed by atoms with Gasteiger partial charge >= 0.3 is 18.0 Å². The van der Waals surface area contributed by atoms with Crippen LogP contribution in [0, 0.1) is 5.82 Å². The maximum absolute atomic E-state index is 14.0. The molecule has 0 aliphatic rings. The number of aromatic nitrogens is 2. The number of rotatable bonds is 5. The Labute approximate surface area is 160 Å². The highest BCUT2D eigenvalue weighted by Crippen LogP contribution is 2.46. The molecule has 16 heteroatoms. The highest BCUT2D eigenvalue weighted by Gasteiger charge is 2.73. The third-order valence-corrected chi connectivity index (χ3v) is 5.02. The number of fused-ring (bicyclic) bond motifs is 1. The fourth-order valence-electron chi connectivity index (χ4n) is 1.72. The average Bonchev–Trinajstić information content (AvgIpc) is 2.53. The summed E-state index contributed by atoms with van der Waals surface area (Å²) in [5.41, 5.74) is -0.731. The van der Waals surface area contributed by atoms with E-state index >= 15 is 0 Å². The van der Waals surface area contributed by atoms with E-state index in [1.165, 1.54) is 0 Å². The summed E-state index contributed by atoms with van der Waals surface area (Å²) < 4.78 is 129. The van der Waals surface area contributed by atoms with Gasteiger partial charge in [0.1, 0.15) is 17.3 Å². The van der Waals surface area contributed by atoms with Crippen LogP contribution in [0.2, 0.25) is 10.3 Å². The first kappa shape index (κ1) is 22.8. The van der Waals surface area contributed by atoms with Crippen molar-refractivity contribution in [1.82, 2.24) is 9.97 Å². The summed E-state index contributed by atoms with van der Waals surface area (Å²) in [5, 5.41) is -0.823. The molecular weight excluding hydrogens is 475 g/mol. The van der Waals surface area contributed by atoms with Crippen LogP contribution in [-0.2, 0) is 14.3 Å². The largest absolute Gasteiger partial charge is 0.459 e. The Bertz CT molecular complexity index is 1030. The topological polar surface area (TPSA) is 69.2 Å². The third kappa shape index (κ3) is 4.09. The van der Waals surface area contributed by atoms with Gasteiger partial charge in [-0.25, -0.2) is 14.4 Å². The lowest BCUT2D eigenvalue weighted by molar-refractivity contribution is -0.358. The summed E-state index contributed by atoms with van der Waals surface area (Å²) >= 11 is 11.1. The highest BCUT2D eigenvalue weighted by molar-refractivity contribution is 7.86. The van der Waals surface area contributed by atoms with Crippen LogP contribution >= 0.6 is 23.2 Å². The molecule has 0 radical (unpaired) electrons. The number of alkyl halides is 7. The molecule has 1 aromatic heterocycles. The van der Waals surface area contributed by atoms with Crippen molar-refractivity contribution in [2.24, 2.45) is 0 Å². The molecule has 1 heterocycles. The summed E-state index contributed by atoms with van der Waals surface area (Å²) in [6.07, 6.45) is -6.69. The average molecular weight is 479 g/mol. The Morgan fingerprint density at radius 3 is 1.86 bits per heavy atom. The molecule has 0 amide bonds. The van der Waals surface area contributed by atoms with Gasteiger partial charge in [0.15, 0.2) is 10.3 Å². The first-order valence-corrected chi connectivity index (χ1v) is 8.70. The second-order valence-electron chi connectivity index (χ2n) is 5.07. The zero-order valence-corrected chi connectivity index (χ0v) is 15.0. The summed E-state index contributed by atoms with van der Waals surface area (Å²) in [6.45, 7) is -2.91.